The molecule has 0 radical (unpaired) electrons. The third-order valence-corrected chi connectivity index (χ3v) is 8.72. The van der Waals surface area contributed by atoms with Gasteiger partial charge in [-0.1, -0.05) is 49.6 Å². The number of carbonyl (C=O) groups is 2. The van der Waals surface area contributed by atoms with E-state index in [-0.39, 0.29) is 0 Å². The smallest absolute Gasteiger partial charge is 0.330 e. The summed E-state index contributed by atoms with van der Waals surface area (Å²) in [6.07, 6.45) is 7.78. The number of esters is 2. The third kappa shape index (κ3) is 14.0. The maximum Gasteiger partial charge on any atom is 0.330 e. The van der Waals surface area contributed by atoms with Crippen LogP contribution in [-0.2, 0) is 24.0 Å². The molecule has 0 heterocycles. The molecule has 0 aliphatic carbocycles. The monoisotopic (exact) mass is 800 g/mol. The van der Waals surface area contributed by atoms with Crippen LogP contribution in [0.25, 0.3) is 10.8 Å². The Kier molecular flexibility index (Phi) is 17.2. The molecule has 0 saturated heterocycles. The van der Waals surface area contributed by atoms with Crippen LogP contribution in [0.2, 0.25) is 0 Å². The van der Waals surface area contributed by atoms with Gasteiger partial charge in [-0.25, -0.2) is 14.5 Å². The van der Waals surface area contributed by atoms with Crippen LogP contribution in [-0.4, -0.2) is 62.7 Å². The van der Waals surface area contributed by atoms with Crippen LogP contribution in [0.3, 0.4) is 0 Å². The minimum absolute atomic E-state index is 0.321. The lowest BCUT2D eigenvalue weighted by atomic mass is 9.97. The van der Waals surface area contributed by atoms with Crippen LogP contribution < -0.4 is 18.9 Å². The summed E-state index contributed by atoms with van der Waals surface area (Å²) in [6.45, 7) is 10.7. The topological polar surface area (TPSA) is 144 Å². The van der Waals surface area contributed by atoms with Crippen molar-refractivity contribution in [3.63, 3.8) is 0 Å². The summed E-state index contributed by atoms with van der Waals surface area (Å²) in [7, 11) is 0. The first kappa shape index (κ1) is 43.4. The van der Waals surface area contributed by atoms with Gasteiger partial charge in [0.25, 0.3) is 0 Å². The number of hydrogen-bond donors (Lipinski definition) is 1. The van der Waals surface area contributed by atoms with E-state index in [1.165, 1.54) is 0 Å². The van der Waals surface area contributed by atoms with Crippen LogP contribution in [0.5, 0.6) is 28.7 Å². The minimum Gasteiger partial charge on any atom is -0.494 e. The Morgan fingerprint density at radius 1 is 0.593 bits per heavy atom. The average Bonchev–Trinajstić information content (AvgIpc) is 3.26. The molecule has 12 heteroatoms. The van der Waals surface area contributed by atoms with Gasteiger partial charge in [-0.3, -0.25) is 5.26 Å². The maximum atomic E-state index is 11.1. The van der Waals surface area contributed by atoms with Gasteiger partial charge >= 0.3 is 11.9 Å². The fourth-order valence-corrected chi connectivity index (χ4v) is 5.72. The van der Waals surface area contributed by atoms with Crippen molar-refractivity contribution in [1.29, 1.82) is 0 Å². The maximum absolute atomic E-state index is 11.1. The summed E-state index contributed by atoms with van der Waals surface area (Å²) in [6, 6.07) is 32.0. The molecule has 59 heavy (non-hydrogen) atoms. The summed E-state index contributed by atoms with van der Waals surface area (Å²) in [4.78, 5) is 27.1. The van der Waals surface area contributed by atoms with E-state index in [1.54, 1.807) is 12.4 Å². The molecule has 306 valence electrons. The molecule has 0 saturated carbocycles. The van der Waals surface area contributed by atoms with E-state index in [4.69, 9.17) is 33.3 Å². The SMILES string of the molecule is C=CC(=O)OCCCCOc1ccc(Oc2ccc(/C=N/N=C/c3ccc4cc(C(OO)c5ccc(OCCCCOC(=O)C=C)cc5)ccc4c3)cc2OCC)cc1. The number of benzene rings is 5. The number of ether oxygens (including phenoxy) is 6. The van der Waals surface area contributed by atoms with E-state index in [1.807, 2.05) is 110 Å². The van der Waals surface area contributed by atoms with Crippen molar-refractivity contribution in [2.24, 2.45) is 10.2 Å². The summed E-state index contributed by atoms with van der Waals surface area (Å²) in [5.41, 5.74) is 3.21. The van der Waals surface area contributed by atoms with Gasteiger partial charge < -0.3 is 28.4 Å². The van der Waals surface area contributed by atoms with Gasteiger partial charge in [0.05, 0.1) is 45.5 Å². The number of rotatable bonds is 24. The van der Waals surface area contributed by atoms with Crippen molar-refractivity contribution in [1.82, 2.24) is 0 Å². The van der Waals surface area contributed by atoms with Crippen LogP contribution in [0, 0.1) is 0 Å². The first-order valence-corrected chi connectivity index (χ1v) is 19.3. The van der Waals surface area contributed by atoms with Crippen molar-refractivity contribution in [2.75, 3.05) is 33.0 Å². The molecule has 0 bridgehead atoms. The molecule has 5 aromatic rings. The van der Waals surface area contributed by atoms with Crippen molar-refractivity contribution in [2.45, 2.75) is 38.7 Å². The minimum atomic E-state index is -0.690. The Bertz CT molecular complexity index is 2200. The van der Waals surface area contributed by atoms with E-state index >= 15 is 0 Å². The van der Waals surface area contributed by atoms with Crippen molar-refractivity contribution in [3.05, 3.63) is 151 Å². The van der Waals surface area contributed by atoms with E-state index in [0.29, 0.717) is 74.6 Å². The number of hydrogen-bond acceptors (Lipinski definition) is 12. The molecule has 0 aliphatic heterocycles. The molecular weight excluding hydrogens is 753 g/mol. The Balaban J connectivity index is 1.12. The number of nitrogens with zero attached hydrogens (tertiary/aromatic N) is 2. The van der Waals surface area contributed by atoms with Gasteiger partial charge in [-0.2, -0.15) is 10.2 Å². The lowest BCUT2D eigenvalue weighted by molar-refractivity contribution is -0.270. The molecule has 5 rings (SSSR count). The van der Waals surface area contributed by atoms with Gasteiger partial charge in [0.1, 0.15) is 23.4 Å². The summed E-state index contributed by atoms with van der Waals surface area (Å²) < 4.78 is 33.5. The predicted molar refractivity (Wildman–Crippen MR) is 227 cm³/mol. The fourth-order valence-electron chi connectivity index (χ4n) is 5.72. The van der Waals surface area contributed by atoms with Gasteiger partial charge in [-0.05, 0) is 132 Å². The van der Waals surface area contributed by atoms with Gasteiger partial charge in [0.15, 0.2) is 11.5 Å². The quantitative estimate of drug-likeness (QED) is 0.0160. The fraction of sp³-hybridized carbons (Fsp3) is 0.234. The molecule has 0 aliphatic rings. The van der Waals surface area contributed by atoms with Gasteiger partial charge in [0, 0.05) is 12.2 Å². The second-order valence-electron chi connectivity index (χ2n) is 13.0. The van der Waals surface area contributed by atoms with Gasteiger partial charge in [-0.15, -0.1) is 0 Å². The molecule has 0 aromatic heterocycles. The van der Waals surface area contributed by atoms with Crippen LogP contribution in [0.4, 0.5) is 0 Å². The molecular formula is C47H48N2O10. The molecule has 0 amide bonds. The Labute approximate surface area is 343 Å². The highest BCUT2D eigenvalue weighted by molar-refractivity contribution is 5.91. The van der Waals surface area contributed by atoms with E-state index in [9.17, 15) is 14.8 Å². The molecule has 0 fully saturated rings. The summed E-state index contributed by atoms with van der Waals surface area (Å²) >= 11 is 0. The predicted octanol–water partition coefficient (Wildman–Crippen LogP) is 9.84. The first-order valence-electron chi connectivity index (χ1n) is 19.3. The standard InChI is InChI=1S/C47H48N2O10/c1-4-45(50)56-27-9-7-25-54-40-18-16-36(17-19-40)47(59-52)39-15-14-37-29-34(11-13-38(37)31-39)32-48-49-33-35-12-24-43(44(30-35)53-6-3)58-42-22-20-41(21-23-42)55-26-8-10-28-57-46(51)5-2/h4-5,11-24,29-33,47,52H,1-2,6-10,25-28H2,3H3/b48-32+,49-33+. The van der Waals surface area contributed by atoms with E-state index in [0.717, 1.165) is 58.0 Å². The van der Waals surface area contributed by atoms with E-state index < -0.39 is 18.0 Å². The highest BCUT2D eigenvalue weighted by atomic mass is 17.1. The summed E-state index contributed by atoms with van der Waals surface area (Å²) in [5, 5.41) is 20.3. The lowest BCUT2D eigenvalue weighted by Gasteiger charge is -2.16. The highest BCUT2D eigenvalue weighted by Crippen LogP contribution is 2.33. The third-order valence-electron chi connectivity index (χ3n) is 8.72. The van der Waals surface area contributed by atoms with Crippen LogP contribution >= 0.6 is 0 Å². The van der Waals surface area contributed by atoms with Crippen molar-refractivity contribution < 1.29 is 48.2 Å². The zero-order chi connectivity index (χ0) is 41.7. The van der Waals surface area contributed by atoms with E-state index in [2.05, 4.69) is 23.4 Å². The van der Waals surface area contributed by atoms with Gasteiger partial charge in [0.2, 0.25) is 0 Å². The Morgan fingerprint density at radius 2 is 1.10 bits per heavy atom. The summed E-state index contributed by atoms with van der Waals surface area (Å²) in [5.74, 6) is 2.29. The number of unbranched alkanes of at least 4 members (excludes halogenated alkanes) is 2. The second-order valence-corrected chi connectivity index (χ2v) is 13.0. The van der Waals surface area contributed by atoms with Crippen LogP contribution in [0.1, 0.15) is 61.0 Å². The zero-order valence-corrected chi connectivity index (χ0v) is 33.0. The van der Waals surface area contributed by atoms with Crippen molar-refractivity contribution in [3.8, 4) is 28.7 Å². The molecule has 12 nitrogen and oxygen atoms in total. The average molecular weight is 801 g/mol. The normalized spacial score (nSPS) is 11.6. The zero-order valence-electron chi connectivity index (χ0n) is 33.0. The number of fused-ring (bicyclic) bond motifs is 1. The number of carbonyl (C=O) groups excluding carboxylic acids is 2. The molecule has 0 spiro atoms. The highest BCUT2D eigenvalue weighted by Gasteiger charge is 2.16. The Hall–Kier alpha value is -6.76. The second kappa shape index (κ2) is 23.5. The molecule has 1 atom stereocenters. The van der Waals surface area contributed by atoms with Crippen LogP contribution in [0.15, 0.2) is 139 Å². The lowest BCUT2D eigenvalue weighted by Crippen LogP contribution is -2.05. The molecule has 1 unspecified atom stereocenters. The van der Waals surface area contributed by atoms with Crippen molar-refractivity contribution >= 4 is 35.1 Å². The molecule has 5 aromatic carbocycles. The Morgan fingerprint density at radius 3 is 1.69 bits per heavy atom. The largest absolute Gasteiger partial charge is 0.494 e. The first-order chi connectivity index (χ1) is 28.9. The molecule has 1 N–H and O–H groups in total.